The van der Waals surface area contributed by atoms with Gasteiger partial charge in [-0.15, -0.1) is 13.2 Å². The van der Waals surface area contributed by atoms with Crippen molar-refractivity contribution < 1.29 is 35.9 Å². The van der Waals surface area contributed by atoms with Gasteiger partial charge in [0.25, 0.3) is 0 Å². The quantitative estimate of drug-likeness (QED) is 0.676. The maximum atomic E-state index is 12.4. The van der Waals surface area contributed by atoms with Crippen LogP contribution in [0.15, 0.2) is 27.6 Å². The van der Waals surface area contributed by atoms with Crippen LogP contribution in [-0.2, 0) is 19.6 Å². The Labute approximate surface area is 151 Å². The minimum Gasteiger partial charge on any atom is -0.460 e. The molecule has 6 nitrogen and oxygen atoms in total. The zero-order valence-corrected chi connectivity index (χ0v) is 16.0. The average Bonchev–Trinajstić information content (AvgIpc) is 2.33. The third-order valence-corrected chi connectivity index (χ3v) is 4.46. The van der Waals surface area contributed by atoms with Crippen LogP contribution in [0.3, 0.4) is 0 Å². The van der Waals surface area contributed by atoms with E-state index in [1.54, 1.807) is 20.8 Å². The summed E-state index contributed by atoms with van der Waals surface area (Å²) in [4.78, 5) is 10.8. The second-order valence-electron chi connectivity index (χ2n) is 5.87. The molecule has 11 heteroatoms. The lowest BCUT2D eigenvalue weighted by molar-refractivity contribution is -0.275. The molecular weight excluding hydrogens is 431 g/mol. The van der Waals surface area contributed by atoms with Crippen molar-refractivity contribution in [3.8, 4) is 5.75 Å². The van der Waals surface area contributed by atoms with Crippen LogP contribution in [0.4, 0.5) is 13.2 Å². The molecule has 0 bridgehead atoms. The lowest BCUT2D eigenvalue weighted by atomic mass is 10.2. The molecule has 1 N–H and O–H groups in total. The third-order valence-electron chi connectivity index (χ3n) is 2.46. The molecule has 0 fully saturated rings. The van der Waals surface area contributed by atoms with E-state index in [-0.39, 0.29) is 17.4 Å². The van der Waals surface area contributed by atoms with Crippen LogP contribution in [0.5, 0.6) is 5.75 Å². The van der Waals surface area contributed by atoms with Crippen LogP contribution in [0.25, 0.3) is 0 Å². The Bertz CT molecular complexity index is 729. The predicted octanol–water partition coefficient (Wildman–Crippen LogP) is 3.36. The summed E-state index contributed by atoms with van der Waals surface area (Å²) < 4.78 is 72.7. The summed E-state index contributed by atoms with van der Waals surface area (Å²) >= 11 is 2.95. The molecule has 0 unspecified atom stereocenters. The molecule has 0 saturated heterocycles. The van der Waals surface area contributed by atoms with E-state index >= 15 is 0 Å². The Morgan fingerprint density at radius 3 is 2.36 bits per heavy atom. The smallest absolute Gasteiger partial charge is 0.460 e. The van der Waals surface area contributed by atoms with E-state index in [0.29, 0.717) is 0 Å². The summed E-state index contributed by atoms with van der Waals surface area (Å²) in [5.74, 6) is -1.52. The van der Waals surface area contributed by atoms with Crippen LogP contribution in [0, 0.1) is 0 Å². The van der Waals surface area contributed by atoms with Crippen molar-refractivity contribution in [1.29, 1.82) is 0 Å². The van der Waals surface area contributed by atoms with Gasteiger partial charge in [0.1, 0.15) is 10.5 Å². The zero-order chi connectivity index (χ0) is 19.5. The molecular formula is C14H17BrF3NO5S. The number of halogens is 4. The highest BCUT2D eigenvalue weighted by atomic mass is 79.9. The number of nitrogens with one attached hydrogen (secondary N) is 1. The maximum Gasteiger partial charge on any atom is 0.573 e. The van der Waals surface area contributed by atoms with Crippen LogP contribution >= 0.6 is 15.9 Å². The van der Waals surface area contributed by atoms with Crippen LogP contribution < -0.4 is 9.46 Å². The SMILES string of the molecule is CC(C)(C)OC(=O)CCNS(=O)(=O)c1ccc(Br)cc1OC(F)(F)F. The number of sulfonamides is 1. The summed E-state index contributed by atoms with van der Waals surface area (Å²) in [7, 11) is -4.32. The zero-order valence-electron chi connectivity index (χ0n) is 13.6. The lowest BCUT2D eigenvalue weighted by Gasteiger charge is -2.19. The molecule has 1 aromatic carbocycles. The summed E-state index contributed by atoms with van der Waals surface area (Å²) in [6.07, 6.45) is -5.33. The van der Waals surface area contributed by atoms with Crippen LogP contribution in [-0.4, -0.2) is 32.9 Å². The fourth-order valence-corrected chi connectivity index (χ4v) is 3.15. The third kappa shape index (κ3) is 8.06. The average molecular weight is 448 g/mol. The Hall–Kier alpha value is -1.33. The number of ether oxygens (including phenoxy) is 2. The lowest BCUT2D eigenvalue weighted by Crippen LogP contribution is -2.30. The molecule has 0 heterocycles. The van der Waals surface area contributed by atoms with Crippen LogP contribution in [0.1, 0.15) is 27.2 Å². The molecule has 0 aliphatic heterocycles. The van der Waals surface area contributed by atoms with Gasteiger partial charge in [0.2, 0.25) is 10.0 Å². The predicted molar refractivity (Wildman–Crippen MR) is 86.5 cm³/mol. The summed E-state index contributed by atoms with van der Waals surface area (Å²) in [5, 5.41) is 0. The summed E-state index contributed by atoms with van der Waals surface area (Å²) in [5.41, 5.74) is -0.727. The molecule has 0 aliphatic carbocycles. The number of benzene rings is 1. The van der Waals surface area contributed by atoms with E-state index in [4.69, 9.17) is 4.74 Å². The van der Waals surface area contributed by atoms with Crippen molar-refractivity contribution in [2.45, 2.75) is 44.1 Å². The molecule has 0 amide bonds. The number of alkyl halides is 3. The number of carbonyl (C=O) groups is 1. The molecule has 0 atom stereocenters. The molecule has 1 rings (SSSR count). The van der Waals surface area contributed by atoms with Gasteiger partial charge in [0, 0.05) is 11.0 Å². The summed E-state index contributed by atoms with van der Waals surface area (Å²) in [6, 6.07) is 3.10. The molecule has 142 valence electrons. The fraction of sp³-hybridized carbons (Fsp3) is 0.500. The largest absolute Gasteiger partial charge is 0.573 e. The standard InChI is InChI=1S/C14H17BrF3NO5S/c1-13(2,3)24-12(20)6-7-19-25(21,22)11-5-4-9(15)8-10(11)23-14(16,17)18/h4-5,8,19H,6-7H2,1-3H3. The second-order valence-corrected chi connectivity index (χ2v) is 8.52. The first-order chi connectivity index (χ1) is 11.2. The van der Waals surface area contributed by atoms with E-state index < -0.39 is 38.6 Å². The van der Waals surface area contributed by atoms with E-state index in [1.165, 1.54) is 6.07 Å². The van der Waals surface area contributed by atoms with E-state index in [1.807, 2.05) is 4.72 Å². The number of carbonyl (C=O) groups excluding carboxylic acids is 1. The first-order valence-corrected chi connectivity index (χ1v) is 9.24. The van der Waals surface area contributed by atoms with E-state index in [2.05, 4.69) is 20.7 Å². The number of hydrogen-bond acceptors (Lipinski definition) is 5. The van der Waals surface area contributed by atoms with Crippen molar-refractivity contribution in [1.82, 2.24) is 4.72 Å². The minimum absolute atomic E-state index is 0.208. The number of rotatable bonds is 6. The highest BCUT2D eigenvalue weighted by molar-refractivity contribution is 9.10. The van der Waals surface area contributed by atoms with Gasteiger partial charge in [-0.3, -0.25) is 4.79 Å². The van der Waals surface area contributed by atoms with Crippen LogP contribution in [0.2, 0.25) is 0 Å². The highest BCUT2D eigenvalue weighted by Gasteiger charge is 2.34. The fourth-order valence-electron chi connectivity index (χ4n) is 1.67. The Morgan fingerprint density at radius 1 is 1.24 bits per heavy atom. The van der Waals surface area contributed by atoms with Gasteiger partial charge in [0.15, 0.2) is 5.75 Å². The van der Waals surface area contributed by atoms with Gasteiger partial charge in [-0.1, -0.05) is 15.9 Å². The minimum atomic E-state index is -5.05. The van der Waals surface area contributed by atoms with E-state index in [9.17, 15) is 26.4 Å². The first-order valence-electron chi connectivity index (χ1n) is 6.96. The molecule has 0 spiro atoms. The molecule has 0 aliphatic rings. The Kier molecular flexibility index (Phi) is 6.88. The van der Waals surface area contributed by atoms with Gasteiger partial charge >= 0.3 is 12.3 Å². The van der Waals surface area contributed by atoms with Gasteiger partial charge in [0.05, 0.1) is 6.42 Å². The van der Waals surface area contributed by atoms with Gasteiger partial charge < -0.3 is 9.47 Å². The molecule has 0 aromatic heterocycles. The molecule has 0 saturated carbocycles. The monoisotopic (exact) mass is 447 g/mol. The van der Waals surface area contributed by atoms with Crippen molar-refractivity contribution in [2.75, 3.05) is 6.54 Å². The van der Waals surface area contributed by atoms with Crippen molar-refractivity contribution in [3.63, 3.8) is 0 Å². The van der Waals surface area contributed by atoms with Gasteiger partial charge in [-0.2, -0.15) is 0 Å². The normalized spacial score (nSPS) is 12.8. The first kappa shape index (κ1) is 21.7. The second kappa shape index (κ2) is 7.92. The molecule has 1 aromatic rings. The number of esters is 1. The molecule has 0 radical (unpaired) electrons. The van der Waals surface area contributed by atoms with E-state index in [0.717, 1.165) is 12.1 Å². The van der Waals surface area contributed by atoms with Gasteiger partial charge in [-0.05, 0) is 39.0 Å². The number of hydrogen-bond donors (Lipinski definition) is 1. The van der Waals surface area contributed by atoms with Crippen molar-refractivity contribution in [3.05, 3.63) is 22.7 Å². The topological polar surface area (TPSA) is 81.7 Å². The highest BCUT2D eigenvalue weighted by Crippen LogP contribution is 2.32. The Balaban J connectivity index is 2.87. The maximum absolute atomic E-state index is 12.4. The molecule has 25 heavy (non-hydrogen) atoms. The van der Waals surface area contributed by atoms with Crippen molar-refractivity contribution in [2.24, 2.45) is 0 Å². The van der Waals surface area contributed by atoms with Gasteiger partial charge in [-0.25, -0.2) is 13.1 Å². The Morgan fingerprint density at radius 2 is 1.84 bits per heavy atom. The summed E-state index contributed by atoms with van der Waals surface area (Å²) in [6.45, 7) is 4.62. The van der Waals surface area contributed by atoms with Crippen molar-refractivity contribution >= 4 is 31.9 Å².